The number of carbonyl (C=O) groups excluding carboxylic acids is 3. The molecule has 0 aliphatic heterocycles. The van der Waals surface area contributed by atoms with Crippen LogP contribution in [0, 0.1) is 13.8 Å². The molecule has 32 heavy (non-hydrogen) atoms. The van der Waals surface area contributed by atoms with Crippen molar-refractivity contribution in [2.24, 2.45) is 15.0 Å². The summed E-state index contributed by atoms with van der Waals surface area (Å²) < 4.78 is 2.15. The first kappa shape index (κ1) is 34.5. The summed E-state index contributed by atoms with van der Waals surface area (Å²) in [5, 5.41) is 0. The van der Waals surface area contributed by atoms with Crippen molar-refractivity contribution in [3.8, 4) is 0 Å². The molecular weight excluding hydrogens is 509 g/mol. The Hall–Kier alpha value is -2.10. The Morgan fingerprint density at radius 3 is 1.44 bits per heavy atom. The van der Waals surface area contributed by atoms with Gasteiger partial charge in [-0.2, -0.15) is 0 Å². The zero-order valence-electron chi connectivity index (χ0n) is 20.3. The summed E-state index contributed by atoms with van der Waals surface area (Å²) in [5.41, 5.74) is 4.05. The van der Waals surface area contributed by atoms with Gasteiger partial charge in [0.1, 0.15) is 0 Å². The summed E-state index contributed by atoms with van der Waals surface area (Å²) in [5.74, 6) is 0. The Morgan fingerprint density at radius 1 is 0.750 bits per heavy atom. The molecule has 1 aromatic carbocycles. The molecule has 0 spiro atoms. The third-order valence-corrected chi connectivity index (χ3v) is 4.35. The second kappa shape index (κ2) is 31.1. The standard InChI is InChI=1S/C10H11.3C5H9NO.Sn/c1-4-10-6-5-8(2)9(3)7-10;3*1-2-3-4-6-5-7;/h1,4-7H,2-3H3;3*2-4H2,1H3;. The number of isocyanates is 3. The minimum atomic E-state index is 0.639. The molecule has 3 radical (unpaired) electrons. The molecule has 0 N–H and O–H groups in total. The van der Waals surface area contributed by atoms with Crippen molar-refractivity contribution in [1.29, 1.82) is 0 Å². The van der Waals surface area contributed by atoms with Crippen LogP contribution < -0.4 is 0 Å². The van der Waals surface area contributed by atoms with Crippen LogP contribution in [0.25, 0.3) is 6.08 Å². The topological polar surface area (TPSA) is 88.3 Å². The molecule has 1 aromatic rings. The predicted molar refractivity (Wildman–Crippen MR) is 134 cm³/mol. The molecule has 1 rings (SSSR count). The Morgan fingerprint density at radius 2 is 1.16 bits per heavy atom. The van der Waals surface area contributed by atoms with Gasteiger partial charge in [-0.1, -0.05) is 40.0 Å². The molecule has 0 saturated carbocycles. The molecule has 0 aromatic heterocycles. The van der Waals surface area contributed by atoms with Crippen molar-refractivity contribution in [2.45, 2.75) is 73.1 Å². The van der Waals surface area contributed by atoms with Crippen LogP contribution >= 0.6 is 0 Å². The Bertz CT molecular complexity index is 680. The molecule has 0 amide bonds. The molecule has 7 heteroatoms. The first-order valence-corrected chi connectivity index (χ1v) is 12.6. The van der Waals surface area contributed by atoms with Crippen LogP contribution in [0.1, 0.15) is 76.0 Å². The van der Waals surface area contributed by atoms with Gasteiger partial charge in [0.05, 0.1) is 19.6 Å². The van der Waals surface area contributed by atoms with Gasteiger partial charge in [0.15, 0.2) is 0 Å². The third kappa shape index (κ3) is 30.1. The van der Waals surface area contributed by atoms with E-state index in [0.717, 1.165) is 38.5 Å². The van der Waals surface area contributed by atoms with Crippen LogP contribution in [0.4, 0.5) is 0 Å². The van der Waals surface area contributed by atoms with Gasteiger partial charge >= 0.3 is 81.4 Å². The van der Waals surface area contributed by atoms with Crippen LogP contribution in [-0.2, 0) is 14.4 Å². The van der Waals surface area contributed by atoms with Crippen molar-refractivity contribution < 1.29 is 14.4 Å². The molecule has 0 unspecified atom stereocenters. The summed E-state index contributed by atoms with van der Waals surface area (Å²) in [6, 6.07) is 6.54. The molecular formula is C25H38N3O3Sn. The number of nitrogens with zero attached hydrogens (tertiary/aromatic N) is 3. The average molecular weight is 547 g/mol. The summed E-state index contributed by atoms with van der Waals surface area (Å²) in [6.45, 7) is 12.4. The van der Waals surface area contributed by atoms with Gasteiger partial charge in [0.2, 0.25) is 18.2 Å². The number of hydrogen-bond acceptors (Lipinski definition) is 6. The number of aryl methyl sites for hydroxylation is 2. The Kier molecular flexibility index (Phi) is 33.5. The number of unbranched alkanes of at least 4 members (excludes halogenated alkanes) is 3. The molecule has 0 bridgehead atoms. The summed E-state index contributed by atoms with van der Waals surface area (Å²) in [4.78, 5) is 38.2. The van der Waals surface area contributed by atoms with Gasteiger partial charge in [0, 0.05) is 0 Å². The van der Waals surface area contributed by atoms with Crippen LogP contribution in [0.15, 0.2) is 37.3 Å². The Balaban J connectivity index is -0.000000361. The fourth-order valence-corrected chi connectivity index (χ4v) is 2.36. The normalized spacial score (nSPS) is 8.69. The van der Waals surface area contributed by atoms with Crippen molar-refractivity contribution in [1.82, 2.24) is 0 Å². The zero-order chi connectivity index (χ0) is 24.9. The first-order valence-electron chi connectivity index (χ1n) is 11.0. The third-order valence-electron chi connectivity index (χ3n) is 3.87. The maximum atomic E-state index is 9.39. The van der Waals surface area contributed by atoms with E-state index in [1.807, 2.05) is 0 Å². The van der Waals surface area contributed by atoms with E-state index in [9.17, 15) is 14.4 Å². The minimum absolute atomic E-state index is 0.639. The second-order valence-electron chi connectivity index (χ2n) is 6.66. The fraction of sp³-hybridized carbons (Fsp3) is 0.560. The number of hydrogen-bond donors (Lipinski definition) is 0. The summed E-state index contributed by atoms with van der Waals surface area (Å²) in [6.07, 6.45) is 12.8. The molecule has 175 valence electrons. The molecule has 0 fully saturated rings. The first-order chi connectivity index (χ1) is 15.5. The number of benzene rings is 1. The van der Waals surface area contributed by atoms with Crippen molar-refractivity contribution in [3.05, 3.63) is 39.0 Å². The summed E-state index contributed by atoms with van der Waals surface area (Å²) in [7, 11) is 0. The van der Waals surface area contributed by atoms with Gasteiger partial charge in [-0.15, -0.1) is 0 Å². The maximum absolute atomic E-state index is 9.39. The van der Waals surface area contributed by atoms with Crippen LogP contribution in [0.5, 0.6) is 0 Å². The predicted octanol–water partition coefficient (Wildman–Crippen LogP) is 5.81. The van der Waals surface area contributed by atoms with E-state index in [-0.39, 0.29) is 0 Å². The summed E-state index contributed by atoms with van der Waals surface area (Å²) >= 11 is 1.46. The molecule has 0 atom stereocenters. The number of rotatable bonds is 10. The average Bonchev–Trinajstić information content (AvgIpc) is 2.79. The zero-order valence-corrected chi connectivity index (χ0v) is 23.2. The Labute approximate surface area is 207 Å². The van der Waals surface area contributed by atoms with E-state index >= 15 is 0 Å². The van der Waals surface area contributed by atoms with Crippen molar-refractivity contribution >= 4 is 46.8 Å². The van der Waals surface area contributed by atoms with E-state index in [0.29, 0.717) is 19.6 Å². The van der Waals surface area contributed by atoms with Crippen molar-refractivity contribution in [2.75, 3.05) is 19.6 Å². The molecule has 6 nitrogen and oxygen atoms in total. The molecule has 0 aliphatic carbocycles. The van der Waals surface area contributed by atoms with Crippen molar-refractivity contribution in [3.63, 3.8) is 0 Å². The number of aliphatic imine (C=N–C) groups is 3. The quantitative estimate of drug-likeness (QED) is 0.160. The fourth-order valence-electron chi connectivity index (χ4n) is 1.81. The van der Waals surface area contributed by atoms with E-state index < -0.39 is 0 Å². The van der Waals surface area contributed by atoms with Gasteiger partial charge in [-0.05, 0) is 19.3 Å². The van der Waals surface area contributed by atoms with Crippen LogP contribution in [-0.4, -0.2) is 60.4 Å². The SMILES string of the molecule is CCCCN=C=O.CCCCN=C=O.CCCCN=C=O.Cc1ccc(/C=[CH]/[Sn])cc1C. The van der Waals surface area contributed by atoms with Gasteiger partial charge in [-0.3, -0.25) is 0 Å². The second-order valence-corrected chi connectivity index (χ2v) is 7.61. The molecule has 0 saturated heterocycles. The molecule has 0 heterocycles. The van der Waals surface area contributed by atoms with Crippen LogP contribution in [0.2, 0.25) is 0 Å². The van der Waals surface area contributed by atoms with Crippen LogP contribution in [0.3, 0.4) is 0 Å². The molecule has 0 aliphatic rings. The van der Waals surface area contributed by atoms with E-state index in [4.69, 9.17) is 0 Å². The van der Waals surface area contributed by atoms with E-state index in [1.165, 1.54) is 57.5 Å². The van der Waals surface area contributed by atoms with Gasteiger partial charge < -0.3 is 0 Å². The van der Waals surface area contributed by atoms with Gasteiger partial charge in [0.25, 0.3) is 0 Å². The monoisotopic (exact) mass is 548 g/mol. The van der Waals surface area contributed by atoms with E-state index in [1.54, 1.807) is 0 Å². The van der Waals surface area contributed by atoms with Gasteiger partial charge in [-0.25, -0.2) is 29.4 Å². The van der Waals surface area contributed by atoms with E-state index in [2.05, 4.69) is 78.0 Å².